The maximum Gasteiger partial charge on any atom is 0.307 e. The van der Waals surface area contributed by atoms with E-state index in [0.29, 0.717) is 33.8 Å². The van der Waals surface area contributed by atoms with Gasteiger partial charge in [0.15, 0.2) is 0 Å². The van der Waals surface area contributed by atoms with Crippen molar-refractivity contribution in [3.05, 3.63) is 83.2 Å². The van der Waals surface area contributed by atoms with E-state index in [9.17, 15) is 9.18 Å². The van der Waals surface area contributed by atoms with Crippen LogP contribution in [0.1, 0.15) is 29.7 Å². The summed E-state index contributed by atoms with van der Waals surface area (Å²) in [6.45, 7) is 1.91. The number of rotatable bonds is 8. The Kier molecular flexibility index (Phi) is 6.69. The van der Waals surface area contributed by atoms with Crippen molar-refractivity contribution in [2.24, 2.45) is 5.73 Å². The van der Waals surface area contributed by atoms with E-state index in [1.165, 1.54) is 0 Å². The van der Waals surface area contributed by atoms with Crippen LogP contribution in [0.3, 0.4) is 0 Å². The molecule has 0 bridgehead atoms. The minimum Gasteiger partial charge on any atom is -0.497 e. The number of halogens is 1. The van der Waals surface area contributed by atoms with E-state index in [1.807, 2.05) is 6.07 Å². The number of aliphatic carboxylic acids is 1. The molecular weight excluding hydrogens is 385 g/mol. The summed E-state index contributed by atoms with van der Waals surface area (Å²) >= 11 is 0. The van der Waals surface area contributed by atoms with Gasteiger partial charge in [-0.2, -0.15) is 0 Å². The van der Waals surface area contributed by atoms with E-state index < -0.39 is 12.0 Å². The molecule has 0 saturated carbocycles. The van der Waals surface area contributed by atoms with Gasteiger partial charge >= 0.3 is 5.97 Å². The fourth-order valence-corrected chi connectivity index (χ4v) is 3.26. The monoisotopic (exact) mass is 409 g/mol. The Bertz CT molecular complexity index is 1050. The van der Waals surface area contributed by atoms with Gasteiger partial charge in [0.25, 0.3) is 0 Å². The lowest BCUT2D eigenvalue weighted by Crippen LogP contribution is -2.08. The lowest BCUT2D eigenvalue weighted by Gasteiger charge is -2.15. The Morgan fingerprint density at radius 1 is 1.13 bits per heavy atom. The quantitative estimate of drug-likeness (QED) is 0.562. The Labute approximate surface area is 174 Å². The highest BCUT2D eigenvalue weighted by Gasteiger charge is 2.15. The standard InChI is InChI=1S/C24H24FNO4/c1-15(26)20-7-5-8-21(24(20)25)18-10-16(11-19(12-18)29-2)14-30-22-9-4-3-6-17(22)13-23(27)28/h3-12,15H,13-14,26H2,1-2H3,(H,27,28)/t15-/m1/s1. The fraction of sp³-hybridized carbons (Fsp3) is 0.208. The van der Waals surface area contributed by atoms with Crippen molar-refractivity contribution in [1.82, 2.24) is 0 Å². The van der Waals surface area contributed by atoms with Gasteiger partial charge in [0, 0.05) is 22.7 Å². The van der Waals surface area contributed by atoms with Gasteiger partial charge in [-0.25, -0.2) is 4.39 Å². The van der Waals surface area contributed by atoms with Gasteiger partial charge < -0.3 is 20.3 Å². The fourth-order valence-electron chi connectivity index (χ4n) is 3.26. The van der Waals surface area contributed by atoms with E-state index in [1.54, 1.807) is 68.6 Å². The van der Waals surface area contributed by atoms with Crippen LogP contribution >= 0.6 is 0 Å². The number of para-hydroxylation sites is 1. The third-order valence-electron chi connectivity index (χ3n) is 4.74. The predicted octanol–water partition coefficient (Wildman–Crippen LogP) is 4.73. The molecule has 3 N–H and O–H groups in total. The summed E-state index contributed by atoms with van der Waals surface area (Å²) in [5.41, 5.74) is 8.75. The van der Waals surface area contributed by atoms with Crippen molar-refractivity contribution in [3.63, 3.8) is 0 Å². The first kappa shape index (κ1) is 21.3. The molecule has 0 aromatic heterocycles. The smallest absolute Gasteiger partial charge is 0.307 e. The average molecular weight is 409 g/mol. The molecule has 0 saturated heterocycles. The molecule has 3 rings (SSSR count). The van der Waals surface area contributed by atoms with Crippen LogP contribution in [-0.2, 0) is 17.8 Å². The van der Waals surface area contributed by atoms with Gasteiger partial charge in [0.2, 0.25) is 0 Å². The summed E-state index contributed by atoms with van der Waals surface area (Å²) in [5, 5.41) is 9.08. The highest BCUT2D eigenvalue weighted by atomic mass is 19.1. The molecule has 0 aliphatic carbocycles. The number of hydrogen-bond acceptors (Lipinski definition) is 4. The summed E-state index contributed by atoms with van der Waals surface area (Å²) in [7, 11) is 1.54. The Morgan fingerprint density at radius 3 is 2.60 bits per heavy atom. The van der Waals surface area contributed by atoms with Crippen LogP contribution in [0, 0.1) is 5.82 Å². The number of carbonyl (C=O) groups is 1. The number of hydrogen-bond donors (Lipinski definition) is 2. The molecule has 1 atom stereocenters. The molecule has 0 spiro atoms. The van der Waals surface area contributed by atoms with Gasteiger partial charge in [-0.15, -0.1) is 0 Å². The Morgan fingerprint density at radius 2 is 1.90 bits per heavy atom. The lowest BCUT2D eigenvalue weighted by molar-refractivity contribution is -0.136. The molecule has 156 valence electrons. The van der Waals surface area contributed by atoms with Gasteiger partial charge in [-0.05, 0) is 42.3 Å². The SMILES string of the molecule is COc1cc(COc2ccccc2CC(=O)O)cc(-c2cccc([C@@H](C)N)c2F)c1. The topological polar surface area (TPSA) is 81.8 Å². The van der Waals surface area contributed by atoms with E-state index in [4.69, 9.17) is 20.3 Å². The number of carboxylic acid groups (broad SMARTS) is 1. The van der Waals surface area contributed by atoms with Crippen molar-refractivity contribution in [1.29, 1.82) is 0 Å². The number of carboxylic acids is 1. The van der Waals surface area contributed by atoms with Crippen molar-refractivity contribution in [2.75, 3.05) is 7.11 Å². The van der Waals surface area contributed by atoms with Crippen LogP contribution in [0.5, 0.6) is 11.5 Å². The number of methoxy groups -OCH3 is 1. The first-order valence-corrected chi connectivity index (χ1v) is 9.54. The van der Waals surface area contributed by atoms with Gasteiger partial charge in [-0.1, -0.05) is 36.4 Å². The molecule has 0 unspecified atom stereocenters. The van der Waals surface area contributed by atoms with E-state index >= 15 is 0 Å². The van der Waals surface area contributed by atoms with Crippen LogP contribution in [0.4, 0.5) is 4.39 Å². The zero-order valence-corrected chi connectivity index (χ0v) is 16.9. The average Bonchev–Trinajstić information content (AvgIpc) is 2.72. The molecule has 30 heavy (non-hydrogen) atoms. The zero-order valence-electron chi connectivity index (χ0n) is 16.9. The summed E-state index contributed by atoms with van der Waals surface area (Å²) in [5.74, 6) is -0.233. The number of ether oxygens (including phenoxy) is 2. The third-order valence-corrected chi connectivity index (χ3v) is 4.74. The molecule has 3 aromatic carbocycles. The summed E-state index contributed by atoms with van der Waals surface area (Å²) in [4.78, 5) is 11.1. The van der Waals surface area contributed by atoms with Crippen molar-refractivity contribution in [3.8, 4) is 22.6 Å². The van der Waals surface area contributed by atoms with E-state index in [2.05, 4.69) is 0 Å². The maximum atomic E-state index is 15.0. The van der Waals surface area contributed by atoms with Crippen LogP contribution in [0.2, 0.25) is 0 Å². The molecule has 0 heterocycles. The normalized spacial score (nSPS) is 11.7. The van der Waals surface area contributed by atoms with Crippen LogP contribution in [-0.4, -0.2) is 18.2 Å². The van der Waals surface area contributed by atoms with Crippen LogP contribution in [0.15, 0.2) is 60.7 Å². The second-order valence-electron chi connectivity index (χ2n) is 7.03. The Hall–Kier alpha value is -3.38. The summed E-state index contributed by atoms with van der Waals surface area (Å²) in [6, 6.07) is 17.1. The molecule has 0 radical (unpaired) electrons. The van der Waals surface area contributed by atoms with Crippen LogP contribution < -0.4 is 15.2 Å². The second kappa shape index (κ2) is 9.41. The van der Waals surface area contributed by atoms with Crippen LogP contribution in [0.25, 0.3) is 11.1 Å². The third kappa shape index (κ3) is 4.96. The highest BCUT2D eigenvalue weighted by molar-refractivity contribution is 5.71. The number of benzene rings is 3. The van der Waals surface area contributed by atoms with Crippen molar-refractivity contribution < 1.29 is 23.8 Å². The first-order valence-electron chi connectivity index (χ1n) is 9.54. The second-order valence-corrected chi connectivity index (χ2v) is 7.03. The minimum atomic E-state index is -0.931. The predicted molar refractivity (Wildman–Crippen MR) is 113 cm³/mol. The maximum absolute atomic E-state index is 15.0. The highest BCUT2D eigenvalue weighted by Crippen LogP contribution is 2.31. The molecule has 0 aliphatic heterocycles. The lowest BCUT2D eigenvalue weighted by atomic mass is 9.97. The molecule has 6 heteroatoms. The zero-order chi connectivity index (χ0) is 21.7. The van der Waals surface area contributed by atoms with E-state index in [0.717, 1.165) is 5.56 Å². The van der Waals surface area contributed by atoms with E-state index in [-0.39, 0.29) is 18.8 Å². The Balaban J connectivity index is 1.92. The minimum absolute atomic E-state index is 0.130. The van der Waals surface area contributed by atoms with Gasteiger partial charge in [0.1, 0.15) is 23.9 Å². The van der Waals surface area contributed by atoms with Gasteiger partial charge in [0.05, 0.1) is 13.5 Å². The molecule has 5 nitrogen and oxygen atoms in total. The molecule has 3 aromatic rings. The largest absolute Gasteiger partial charge is 0.497 e. The molecule has 0 aliphatic rings. The van der Waals surface area contributed by atoms with Gasteiger partial charge in [-0.3, -0.25) is 4.79 Å². The summed E-state index contributed by atoms with van der Waals surface area (Å²) < 4.78 is 26.3. The first-order chi connectivity index (χ1) is 14.4. The summed E-state index contributed by atoms with van der Waals surface area (Å²) in [6.07, 6.45) is -0.130. The molecule has 0 amide bonds. The number of nitrogens with two attached hydrogens (primary N) is 1. The van der Waals surface area contributed by atoms with Crippen molar-refractivity contribution in [2.45, 2.75) is 26.0 Å². The van der Waals surface area contributed by atoms with Crippen molar-refractivity contribution >= 4 is 5.97 Å². The molecule has 0 fully saturated rings. The molecular formula is C24H24FNO4.